The molecule has 0 saturated carbocycles. The van der Waals surface area contributed by atoms with Crippen LogP contribution in [-0.2, 0) is 0 Å². The van der Waals surface area contributed by atoms with Crippen LogP contribution in [0.25, 0.3) is 10.6 Å². The largest absolute Gasteiger partial charge is 0.493 e. The van der Waals surface area contributed by atoms with Crippen molar-refractivity contribution < 1.29 is 19.0 Å². The number of hydrogen-bond donors (Lipinski definition) is 2. The predicted octanol–water partition coefficient (Wildman–Crippen LogP) is 4.17. The molecule has 0 aliphatic heterocycles. The molecule has 0 unspecified atom stereocenters. The van der Waals surface area contributed by atoms with Gasteiger partial charge in [0.25, 0.3) is 0 Å². The van der Waals surface area contributed by atoms with Crippen LogP contribution in [0.2, 0.25) is 0 Å². The van der Waals surface area contributed by atoms with Crippen molar-refractivity contribution in [3.05, 3.63) is 53.3 Å². The Morgan fingerprint density at radius 3 is 2.80 bits per heavy atom. The molecule has 1 aromatic carbocycles. The molecule has 6 nitrogen and oxygen atoms in total. The van der Waals surface area contributed by atoms with Crippen LogP contribution >= 0.6 is 23.3 Å². The zero-order valence-corrected chi connectivity index (χ0v) is 14.5. The summed E-state index contributed by atoms with van der Waals surface area (Å²) in [5, 5.41) is 12.3. The Labute approximate surface area is 150 Å². The molecule has 0 amide bonds. The topological polar surface area (TPSA) is 84.3 Å². The molecule has 2 heterocycles. The first-order valence-electron chi connectivity index (χ1n) is 6.98. The van der Waals surface area contributed by atoms with Gasteiger partial charge in [0.1, 0.15) is 15.9 Å². The number of carbonyl (C=O) groups is 1. The number of pyridine rings is 1. The number of ether oxygens (including phenoxy) is 1. The van der Waals surface area contributed by atoms with E-state index in [-0.39, 0.29) is 11.4 Å². The van der Waals surface area contributed by atoms with Crippen molar-refractivity contribution in [3.8, 4) is 16.3 Å². The van der Waals surface area contributed by atoms with E-state index in [1.54, 1.807) is 12.1 Å². The van der Waals surface area contributed by atoms with Crippen molar-refractivity contribution in [1.82, 2.24) is 9.97 Å². The summed E-state index contributed by atoms with van der Waals surface area (Å²) >= 11 is 2.66. The Balaban J connectivity index is 1.72. The number of benzene rings is 1. The Kier molecular flexibility index (Phi) is 5.15. The molecule has 128 valence electrons. The number of hydrogen-bond acceptors (Lipinski definition) is 7. The Hall–Kier alpha value is -2.65. The Morgan fingerprint density at radius 2 is 2.12 bits per heavy atom. The highest BCUT2D eigenvalue weighted by molar-refractivity contribution is 8.00. The van der Waals surface area contributed by atoms with Gasteiger partial charge in [-0.25, -0.2) is 19.2 Å². The van der Waals surface area contributed by atoms with E-state index in [2.05, 4.69) is 14.7 Å². The average Bonchev–Trinajstić information content (AvgIpc) is 3.09. The maximum Gasteiger partial charge on any atom is 0.337 e. The molecular formula is C16H12FN3O3S2. The number of aromatic nitrogens is 2. The molecule has 0 fully saturated rings. The van der Waals surface area contributed by atoms with Crippen molar-refractivity contribution in [3.63, 3.8) is 0 Å². The molecule has 9 heteroatoms. The average molecular weight is 377 g/mol. The molecular weight excluding hydrogens is 365 g/mol. The number of anilines is 1. The lowest BCUT2D eigenvalue weighted by atomic mass is 10.2. The van der Waals surface area contributed by atoms with Crippen LogP contribution in [0.1, 0.15) is 10.4 Å². The van der Waals surface area contributed by atoms with Gasteiger partial charge in [0, 0.05) is 35.2 Å². The van der Waals surface area contributed by atoms with E-state index >= 15 is 0 Å². The number of halogens is 1. The fraction of sp³-hybridized carbons (Fsp3) is 0.0625. The summed E-state index contributed by atoms with van der Waals surface area (Å²) in [6.45, 7) is 0. The summed E-state index contributed by atoms with van der Waals surface area (Å²) in [6.07, 6.45) is 1.25. The molecule has 2 aromatic heterocycles. The van der Waals surface area contributed by atoms with E-state index in [1.165, 1.54) is 54.8 Å². The number of nitrogens with zero attached hydrogens (tertiary/aromatic N) is 2. The van der Waals surface area contributed by atoms with Gasteiger partial charge in [-0.15, -0.1) is 11.3 Å². The van der Waals surface area contributed by atoms with Crippen LogP contribution in [0.3, 0.4) is 0 Å². The lowest BCUT2D eigenvalue weighted by Crippen LogP contribution is -2.01. The van der Waals surface area contributed by atoms with Gasteiger partial charge in [-0.05, 0) is 24.3 Å². The van der Waals surface area contributed by atoms with Crippen LogP contribution < -0.4 is 9.46 Å². The summed E-state index contributed by atoms with van der Waals surface area (Å²) < 4.78 is 21.1. The highest BCUT2D eigenvalue weighted by atomic mass is 32.2. The molecule has 2 N–H and O–H groups in total. The molecule has 0 spiro atoms. The molecule has 3 rings (SSSR count). The molecule has 0 bridgehead atoms. The quantitative estimate of drug-likeness (QED) is 0.624. The van der Waals surface area contributed by atoms with Gasteiger partial charge in [0.15, 0.2) is 11.6 Å². The molecule has 0 aliphatic carbocycles. The summed E-state index contributed by atoms with van der Waals surface area (Å²) in [7, 11) is 1.44. The van der Waals surface area contributed by atoms with E-state index in [0.29, 0.717) is 16.6 Å². The number of carboxylic acids is 1. The first-order valence-corrected chi connectivity index (χ1v) is 8.68. The van der Waals surface area contributed by atoms with Crippen LogP contribution in [0, 0.1) is 5.82 Å². The van der Waals surface area contributed by atoms with Crippen molar-refractivity contribution in [2.24, 2.45) is 0 Å². The van der Waals surface area contributed by atoms with E-state index < -0.39 is 5.97 Å². The molecule has 0 saturated heterocycles. The van der Waals surface area contributed by atoms with Crippen molar-refractivity contribution in [2.75, 3.05) is 11.8 Å². The zero-order valence-electron chi connectivity index (χ0n) is 12.9. The summed E-state index contributed by atoms with van der Waals surface area (Å²) in [4.78, 5) is 19.5. The number of carboxylic acid groups (broad SMARTS) is 1. The van der Waals surface area contributed by atoms with E-state index in [9.17, 15) is 9.18 Å². The number of thiazole rings is 1. The summed E-state index contributed by atoms with van der Waals surface area (Å²) in [5.74, 6) is -0.650. The smallest absolute Gasteiger partial charge is 0.337 e. The van der Waals surface area contributed by atoms with Crippen LogP contribution in [-0.4, -0.2) is 28.2 Å². The van der Waals surface area contributed by atoms with Crippen LogP contribution in [0.4, 0.5) is 10.2 Å². The first-order chi connectivity index (χ1) is 12.1. The second kappa shape index (κ2) is 7.49. The summed E-state index contributed by atoms with van der Waals surface area (Å²) in [6, 6.07) is 7.51. The van der Waals surface area contributed by atoms with E-state index in [4.69, 9.17) is 9.84 Å². The van der Waals surface area contributed by atoms with Gasteiger partial charge in [-0.3, -0.25) is 0 Å². The number of nitrogens with one attached hydrogen (secondary N) is 1. The minimum Gasteiger partial charge on any atom is -0.493 e. The SMILES string of the molecule is COc1cc(C(=O)O)cnc1NSc1csc(-c2ccc(F)cc2)n1. The maximum atomic E-state index is 13.0. The third kappa shape index (κ3) is 4.06. The highest BCUT2D eigenvalue weighted by Crippen LogP contribution is 2.31. The van der Waals surface area contributed by atoms with Crippen molar-refractivity contribution in [1.29, 1.82) is 0 Å². The van der Waals surface area contributed by atoms with Gasteiger partial charge < -0.3 is 14.6 Å². The lowest BCUT2D eigenvalue weighted by Gasteiger charge is -2.08. The highest BCUT2D eigenvalue weighted by Gasteiger charge is 2.12. The lowest BCUT2D eigenvalue weighted by molar-refractivity contribution is 0.0696. The van der Waals surface area contributed by atoms with Crippen LogP contribution in [0.5, 0.6) is 5.75 Å². The molecule has 25 heavy (non-hydrogen) atoms. The fourth-order valence-electron chi connectivity index (χ4n) is 1.93. The first kappa shape index (κ1) is 17.2. The number of methoxy groups -OCH3 is 1. The van der Waals surface area contributed by atoms with Gasteiger partial charge in [-0.2, -0.15) is 0 Å². The van der Waals surface area contributed by atoms with Gasteiger partial charge >= 0.3 is 5.97 Å². The molecule has 3 aromatic rings. The standard InChI is InChI=1S/C16H12FN3O3S2/c1-23-12-6-10(16(21)22)7-18-14(12)20-25-13-8-24-15(19-13)9-2-4-11(17)5-3-9/h2-8H,1H3,(H,18,20)(H,21,22). The third-order valence-corrected chi connectivity index (χ3v) is 4.90. The number of aromatic carboxylic acids is 1. The Morgan fingerprint density at radius 1 is 1.36 bits per heavy atom. The monoisotopic (exact) mass is 377 g/mol. The second-order valence-electron chi connectivity index (χ2n) is 4.78. The van der Waals surface area contributed by atoms with Gasteiger partial charge in [0.05, 0.1) is 12.7 Å². The van der Waals surface area contributed by atoms with Crippen LogP contribution in [0.15, 0.2) is 46.9 Å². The van der Waals surface area contributed by atoms with Crippen molar-refractivity contribution in [2.45, 2.75) is 5.03 Å². The predicted molar refractivity (Wildman–Crippen MR) is 94.7 cm³/mol. The summed E-state index contributed by atoms with van der Waals surface area (Å²) in [5.41, 5.74) is 0.874. The van der Waals surface area contributed by atoms with E-state index in [0.717, 1.165) is 10.6 Å². The molecule has 0 aliphatic rings. The molecule has 0 radical (unpaired) electrons. The third-order valence-electron chi connectivity index (χ3n) is 3.15. The Bertz CT molecular complexity index is 900. The van der Waals surface area contributed by atoms with Gasteiger partial charge in [0.2, 0.25) is 0 Å². The zero-order chi connectivity index (χ0) is 17.8. The van der Waals surface area contributed by atoms with Gasteiger partial charge in [-0.1, -0.05) is 0 Å². The molecule has 0 atom stereocenters. The van der Waals surface area contributed by atoms with E-state index in [1.807, 2.05) is 5.38 Å². The fourth-order valence-corrected chi connectivity index (χ4v) is 3.50. The normalized spacial score (nSPS) is 10.5. The minimum absolute atomic E-state index is 0.0413. The maximum absolute atomic E-state index is 13.0. The van der Waals surface area contributed by atoms with Crippen molar-refractivity contribution >= 4 is 35.1 Å². The number of rotatable bonds is 6. The minimum atomic E-state index is -1.08. The second-order valence-corrected chi connectivity index (χ2v) is 6.47.